The Hall–Kier alpha value is -0.0800. The Bertz CT molecular complexity index is 141. The lowest BCUT2D eigenvalue weighted by Gasteiger charge is -2.28. The van der Waals surface area contributed by atoms with Crippen molar-refractivity contribution >= 4 is 0 Å². The van der Waals surface area contributed by atoms with Gasteiger partial charge in [0.1, 0.15) is 0 Å². The smallest absolute Gasteiger partial charge is 0.0249 e. The van der Waals surface area contributed by atoms with Gasteiger partial charge in [-0.2, -0.15) is 0 Å². The maximum atomic E-state index is 3.62. The molecule has 2 aliphatic heterocycles. The molecule has 0 bridgehead atoms. The molecule has 2 aliphatic rings. The second-order valence-corrected chi connectivity index (χ2v) is 4.04. The second-order valence-electron chi connectivity index (χ2n) is 4.04. The average Bonchev–Trinajstić information content (AvgIpc) is 2.74. The normalized spacial score (nSPS) is 37.8. The molecule has 0 radical (unpaired) electrons. The number of likely N-dealkylation sites (tertiary alicyclic amines) is 1. The molecule has 0 aliphatic carbocycles. The van der Waals surface area contributed by atoms with Crippen molar-refractivity contribution in [1.29, 1.82) is 0 Å². The van der Waals surface area contributed by atoms with Crippen molar-refractivity contribution in [3.8, 4) is 0 Å². The van der Waals surface area contributed by atoms with Crippen LogP contribution < -0.4 is 5.32 Å². The summed E-state index contributed by atoms with van der Waals surface area (Å²) in [7, 11) is 0. The first kappa shape index (κ1) is 8.52. The van der Waals surface area contributed by atoms with E-state index in [1.54, 1.807) is 0 Å². The zero-order chi connectivity index (χ0) is 8.39. The van der Waals surface area contributed by atoms with Crippen LogP contribution in [0.5, 0.6) is 0 Å². The molecule has 0 saturated carbocycles. The van der Waals surface area contributed by atoms with Crippen LogP contribution in [-0.2, 0) is 0 Å². The Labute approximate surface area is 75.3 Å². The van der Waals surface area contributed by atoms with Crippen LogP contribution in [0.1, 0.15) is 32.6 Å². The van der Waals surface area contributed by atoms with Crippen LogP contribution in [0.25, 0.3) is 0 Å². The number of rotatable bonds is 2. The number of nitrogens with one attached hydrogen (secondary N) is 1. The summed E-state index contributed by atoms with van der Waals surface area (Å²) in [6.07, 6.45) is 5.63. The van der Waals surface area contributed by atoms with Crippen LogP contribution in [0.4, 0.5) is 0 Å². The molecule has 0 spiro atoms. The van der Waals surface area contributed by atoms with E-state index in [1.165, 1.54) is 45.3 Å². The zero-order valence-corrected chi connectivity index (χ0v) is 8.05. The van der Waals surface area contributed by atoms with Gasteiger partial charge in [0.2, 0.25) is 0 Å². The van der Waals surface area contributed by atoms with Crippen LogP contribution in [0.2, 0.25) is 0 Å². The van der Waals surface area contributed by atoms with Gasteiger partial charge in [-0.25, -0.2) is 0 Å². The minimum Gasteiger partial charge on any atom is -0.312 e. The van der Waals surface area contributed by atoms with E-state index >= 15 is 0 Å². The molecule has 2 fully saturated rings. The molecule has 0 aromatic heterocycles. The summed E-state index contributed by atoms with van der Waals surface area (Å²) < 4.78 is 0. The Morgan fingerprint density at radius 3 is 2.92 bits per heavy atom. The van der Waals surface area contributed by atoms with Crippen molar-refractivity contribution in [2.24, 2.45) is 0 Å². The highest BCUT2D eigenvalue weighted by molar-refractivity contribution is 4.91. The van der Waals surface area contributed by atoms with Gasteiger partial charge in [0.05, 0.1) is 0 Å². The lowest BCUT2D eigenvalue weighted by atomic mass is 10.0. The van der Waals surface area contributed by atoms with E-state index in [4.69, 9.17) is 0 Å². The summed E-state index contributed by atoms with van der Waals surface area (Å²) in [5.74, 6) is 0. The Balaban J connectivity index is 1.92. The predicted octanol–water partition coefficient (Wildman–Crippen LogP) is 1.22. The van der Waals surface area contributed by atoms with E-state index in [0.717, 1.165) is 12.1 Å². The van der Waals surface area contributed by atoms with Gasteiger partial charge in [-0.3, -0.25) is 4.90 Å². The summed E-state index contributed by atoms with van der Waals surface area (Å²) in [6.45, 7) is 6.11. The van der Waals surface area contributed by atoms with Crippen LogP contribution in [0, 0.1) is 0 Å². The van der Waals surface area contributed by atoms with Crippen molar-refractivity contribution in [2.75, 3.05) is 19.6 Å². The molecule has 1 N–H and O–H groups in total. The fraction of sp³-hybridized carbons (Fsp3) is 1.00. The van der Waals surface area contributed by atoms with E-state index in [1.807, 2.05) is 0 Å². The molecule has 2 heterocycles. The molecule has 2 heteroatoms. The van der Waals surface area contributed by atoms with Crippen molar-refractivity contribution < 1.29 is 0 Å². The molecule has 0 aromatic carbocycles. The number of hydrogen-bond acceptors (Lipinski definition) is 2. The summed E-state index contributed by atoms with van der Waals surface area (Å²) in [6, 6.07) is 1.67. The average molecular weight is 168 g/mol. The number of nitrogens with zero attached hydrogens (tertiary/aromatic N) is 1. The summed E-state index contributed by atoms with van der Waals surface area (Å²) in [5, 5.41) is 3.62. The molecule has 12 heavy (non-hydrogen) atoms. The van der Waals surface area contributed by atoms with E-state index in [9.17, 15) is 0 Å². The van der Waals surface area contributed by atoms with Gasteiger partial charge in [0, 0.05) is 12.1 Å². The van der Waals surface area contributed by atoms with Gasteiger partial charge in [-0.05, 0) is 45.3 Å². The van der Waals surface area contributed by atoms with Crippen LogP contribution in [0.15, 0.2) is 0 Å². The number of likely N-dealkylation sites (N-methyl/N-ethyl adjacent to an activating group) is 1. The Kier molecular flexibility index (Phi) is 2.66. The molecule has 2 rings (SSSR count). The third-order valence-corrected chi connectivity index (χ3v) is 3.38. The van der Waals surface area contributed by atoms with Crippen molar-refractivity contribution in [3.63, 3.8) is 0 Å². The van der Waals surface area contributed by atoms with Gasteiger partial charge in [0.25, 0.3) is 0 Å². The largest absolute Gasteiger partial charge is 0.312 e. The highest BCUT2D eigenvalue weighted by Gasteiger charge is 2.31. The molecular formula is C10H20N2. The summed E-state index contributed by atoms with van der Waals surface area (Å²) >= 11 is 0. The monoisotopic (exact) mass is 168 g/mol. The number of hydrogen-bond donors (Lipinski definition) is 1. The summed E-state index contributed by atoms with van der Waals surface area (Å²) in [5.41, 5.74) is 0. The highest BCUT2D eigenvalue weighted by Crippen LogP contribution is 2.23. The quantitative estimate of drug-likeness (QED) is 0.667. The predicted molar refractivity (Wildman–Crippen MR) is 51.3 cm³/mol. The van der Waals surface area contributed by atoms with Gasteiger partial charge < -0.3 is 5.32 Å². The third kappa shape index (κ3) is 1.50. The SMILES string of the molecule is CCN1CCCC1C1CCCN1. The zero-order valence-electron chi connectivity index (χ0n) is 8.05. The molecule has 2 nitrogen and oxygen atoms in total. The van der Waals surface area contributed by atoms with E-state index in [2.05, 4.69) is 17.1 Å². The van der Waals surface area contributed by atoms with E-state index in [0.29, 0.717) is 0 Å². The minimum atomic E-state index is 0.812. The first-order chi connectivity index (χ1) is 5.92. The lowest BCUT2D eigenvalue weighted by Crippen LogP contribution is -2.43. The van der Waals surface area contributed by atoms with Crippen molar-refractivity contribution in [3.05, 3.63) is 0 Å². The first-order valence-electron chi connectivity index (χ1n) is 5.39. The molecule has 2 unspecified atom stereocenters. The van der Waals surface area contributed by atoms with Gasteiger partial charge in [-0.15, -0.1) is 0 Å². The van der Waals surface area contributed by atoms with Crippen molar-refractivity contribution in [2.45, 2.75) is 44.7 Å². The fourth-order valence-electron chi connectivity index (χ4n) is 2.74. The standard InChI is InChI=1S/C10H20N2/c1-2-12-8-4-6-10(12)9-5-3-7-11-9/h9-11H,2-8H2,1H3. The van der Waals surface area contributed by atoms with Crippen LogP contribution >= 0.6 is 0 Å². The highest BCUT2D eigenvalue weighted by atomic mass is 15.2. The van der Waals surface area contributed by atoms with Crippen molar-refractivity contribution in [1.82, 2.24) is 10.2 Å². The third-order valence-electron chi connectivity index (χ3n) is 3.38. The minimum absolute atomic E-state index is 0.812. The van der Waals surface area contributed by atoms with Gasteiger partial charge >= 0.3 is 0 Å². The van der Waals surface area contributed by atoms with Crippen LogP contribution in [-0.4, -0.2) is 36.6 Å². The maximum absolute atomic E-state index is 3.62. The molecular weight excluding hydrogens is 148 g/mol. The molecule has 0 aromatic rings. The molecule has 70 valence electrons. The van der Waals surface area contributed by atoms with Crippen LogP contribution in [0.3, 0.4) is 0 Å². The summed E-state index contributed by atoms with van der Waals surface area (Å²) in [4.78, 5) is 2.64. The second kappa shape index (κ2) is 3.75. The maximum Gasteiger partial charge on any atom is 0.0249 e. The molecule has 0 amide bonds. The topological polar surface area (TPSA) is 15.3 Å². The lowest BCUT2D eigenvalue weighted by molar-refractivity contribution is 0.225. The Morgan fingerprint density at radius 1 is 1.33 bits per heavy atom. The fourth-order valence-corrected chi connectivity index (χ4v) is 2.74. The molecule has 2 atom stereocenters. The first-order valence-corrected chi connectivity index (χ1v) is 5.39. The van der Waals surface area contributed by atoms with Gasteiger partial charge in [-0.1, -0.05) is 6.92 Å². The van der Waals surface area contributed by atoms with E-state index < -0.39 is 0 Å². The van der Waals surface area contributed by atoms with Gasteiger partial charge in [0.15, 0.2) is 0 Å². The van der Waals surface area contributed by atoms with E-state index in [-0.39, 0.29) is 0 Å². The Morgan fingerprint density at radius 2 is 2.25 bits per heavy atom. The molecule has 2 saturated heterocycles.